The molecule has 4 heteroatoms. The summed E-state index contributed by atoms with van der Waals surface area (Å²) in [6, 6.07) is 17.9. The lowest BCUT2D eigenvalue weighted by molar-refractivity contribution is 0.0954. The standard InChI is InChI=1S/C19H17FN2O/c20-18-6-2-1-5-15(18)11-12-21-19(23)16-7-9-17(10-8-16)22-13-3-4-14-22/h1-10,13-14H,11-12H2,(H,21,23). The Kier molecular flexibility index (Phi) is 4.52. The van der Waals surface area contributed by atoms with Crippen LogP contribution in [0.25, 0.3) is 5.69 Å². The minimum atomic E-state index is -0.238. The van der Waals surface area contributed by atoms with E-state index in [1.807, 2.05) is 41.2 Å². The second-order valence-electron chi connectivity index (χ2n) is 5.23. The number of nitrogens with zero attached hydrogens (tertiary/aromatic N) is 1. The van der Waals surface area contributed by atoms with Gasteiger partial charge in [-0.05, 0) is 54.4 Å². The molecule has 1 heterocycles. The van der Waals surface area contributed by atoms with Gasteiger partial charge in [-0.25, -0.2) is 4.39 Å². The van der Waals surface area contributed by atoms with Gasteiger partial charge in [-0.2, -0.15) is 0 Å². The number of aromatic nitrogens is 1. The maximum Gasteiger partial charge on any atom is 0.251 e. The van der Waals surface area contributed by atoms with E-state index in [-0.39, 0.29) is 11.7 Å². The molecule has 23 heavy (non-hydrogen) atoms. The van der Waals surface area contributed by atoms with Crippen molar-refractivity contribution in [2.24, 2.45) is 0 Å². The first-order valence-electron chi connectivity index (χ1n) is 7.49. The number of carbonyl (C=O) groups excluding carboxylic acids is 1. The predicted molar refractivity (Wildman–Crippen MR) is 88.2 cm³/mol. The van der Waals surface area contributed by atoms with Gasteiger partial charge in [0.05, 0.1) is 0 Å². The number of hydrogen-bond donors (Lipinski definition) is 1. The molecule has 0 unspecified atom stereocenters. The van der Waals surface area contributed by atoms with E-state index in [0.717, 1.165) is 5.69 Å². The number of nitrogens with one attached hydrogen (secondary N) is 1. The average Bonchev–Trinajstić information content (AvgIpc) is 3.11. The molecule has 0 aliphatic rings. The number of benzene rings is 2. The lowest BCUT2D eigenvalue weighted by Crippen LogP contribution is -2.25. The van der Waals surface area contributed by atoms with Gasteiger partial charge in [-0.1, -0.05) is 18.2 Å². The summed E-state index contributed by atoms with van der Waals surface area (Å²) in [7, 11) is 0. The van der Waals surface area contributed by atoms with Crippen molar-refractivity contribution in [2.45, 2.75) is 6.42 Å². The molecule has 0 aliphatic carbocycles. The topological polar surface area (TPSA) is 34.0 Å². The van der Waals surface area contributed by atoms with Gasteiger partial charge in [-0.3, -0.25) is 4.79 Å². The second kappa shape index (κ2) is 6.92. The van der Waals surface area contributed by atoms with Crippen LogP contribution < -0.4 is 5.32 Å². The summed E-state index contributed by atoms with van der Waals surface area (Å²) in [6.07, 6.45) is 4.37. The summed E-state index contributed by atoms with van der Waals surface area (Å²) in [4.78, 5) is 12.1. The van der Waals surface area contributed by atoms with Gasteiger partial charge in [-0.15, -0.1) is 0 Å². The fraction of sp³-hybridized carbons (Fsp3) is 0.105. The van der Waals surface area contributed by atoms with Crippen LogP contribution >= 0.6 is 0 Å². The quantitative estimate of drug-likeness (QED) is 0.768. The first-order chi connectivity index (χ1) is 11.2. The molecule has 0 saturated carbocycles. The molecule has 116 valence electrons. The third-order valence-corrected chi connectivity index (χ3v) is 3.67. The Morgan fingerprint density at radius 3 is 2.35 bits per heavy atom. The van der Waals surface area contributed by atoms with Gasteiger partial charge < -0.3 is 9.88 Å². The highest BCUT2D eigenvalue weighted by Gasteiger charge is 2.06. The van der Waals surface area contributed by atoms with Crippen molar-refractivity contribution in [3.05, 3.63) is 90.0 Å². The number of hydrogen-bond acceptors (Lipinski definition) is 1. The number of amides is 1. The summed E-state index contributed by atoms with van der Waals surface area (Å²) in [5.41, 5.74) is 2.20. The van der Waals surface area contributed by atoms with E-state index in [9.17, 15) is 9.18 Å². The van der Waals surface area contributed by atoms with Gasteiger partial charge in [0.1, 0.15) is 5.82 Å². The zero-order valence-electron chi connectivity index (χ0n) is 12.6. The minimum absolute atomic E-state index is 0.152. The van der Waals surface area contributed by atoms with Crippen molar-refractivity contribution in [3.8, 4) is 5.69 Å². The highest BCUT2D eigenvalue weighted by atomic mass is 19.1. The van der Waals surface area contributed by atoms with Gasteiger partial charge >= 0.3 is 0 Å². The zero-order chi connectivity index (χ0) is 16.1. The van der Waals surface area contributed by atoms with Gasteiger partial charge in [0.15, 0.2) is 0 Å². The predicted octanol–water partition coefficient (Wildman–Crippen LogP) is 3.59. The Balaban J connectivity index is 1.57. The number of rotatable bonds is 5. The first kappa shape index (κ1) is 15.0. The Morgan fingerprint density at radius 1 is 0.957 bits per heavy atom. The zero-order valence-corrected chi connectivity index (χ0v) is 12.6. The highest BCUT2D eigenvalue weighted by molar-refractivity contribution is 5.94. The van der Waals surface area contributed by atoms with Gasteiger partial charge in [0.2, 0.25) is 0 Å². The van der Waals surface area contributed by atoms with Crippen molar-refractivity contribution >= 4 is 5.91 Å². The Bertz CT molecular complexity index is 779. The molecule has 0 radical (unpaired) electrons. The molecule has 1 aromatic heterocycles. The van der Waals surface area contributed by atoms with Crippen LogP contribution in [0.2, 0.25) is 0 Å². The second-order valence-corrected chi connectivity index (χ2v) is 5.23. The molecule has 3 aromatic rings. The molecule has 0 spiro atoms. The molecule has 0 aliphatic heterocycles. The van der Waals surface area contributed by atoms with Crippen LogP contribution in [0, 0.1) is 5.82 Å². The van der Waals surface area contributed by atoms with Crippen molar-refractivity contribution in [3.63, 3.8) is 0 Å². The van der Waals surface area contributed by atoms with Crippen LogP contribution in [-0.4, -0.2) is 17.0 Å². The van der Waals surface area contributed by atoms with E-state index < -0.39 is 0 Å². The summed E-state index contributed by atoms with van der Waals surface area (Å²) < 4.78 is 15.5. The molecule has 3 rings (SSSR count). The van der Waals surface area contributed by atoms with E-state index in [2.05, 4.69) is 5.32 Å². The van der Waals surface area contributed by atoms with E-state index >= 15 is 0 Å². The van der Waals surface area contributed by atoms with Crippen molar-refractivity contribution < 1.29 is 9.18 Å². The summed E-state index contributed by atoms with van der Waals surface area (Å²) in [6.45, 7) is 0.402. The van der Waals surface area contributed by atoms with Gasteiger partial charge in [0, 0.05) is 30.2 Å². The third-order valence-electron chi connectivity index (χ3n) is 3.67. The molecule has 1 N–H and O–H groups in total. The van der Waals surface area contributed by atoms with Crippen molar-refractivity contribution in [1.82, 2.24) is 9.88 Å². The van der Waals surface area contributed by atoms with E-state index in [0.29, 0.717) is 24.1 Å². The highest BCUT2D eigenvalue weighted by Crippen LogP contribution is 2.10. The van der Waals surface area contributed by atoms with Crippen molar-refractivity contribution in [2.75, 3.05) is 6.54 Å². The molecule has 0 fully saturated rings. The molecule has 0 saturated heterocycles. The van der Waals surface area contributed by atoms with E-state index in [4.69, 9.17) is 0 Å². The van der Waals surface area contributed by atoms with Crippen LogP contribution in [0.3, 0.4) is 0 Å². The third kappa shape index (κ3) is 3.66. The normalized spacial score (nSPS) is 10.5. The summed E-state index contributed by atoms with van der Waals surface area (Å²) >= 11 is 0. The van der Waals surface area contributed by atoms with Crippen LogP contribution in [-0.2, 0) is 6.42 Å². The first-order valence-corrected chi connectivity index (χ1v) is 7.49. The molecular formula is C19H17FN2O. The van der Waals surface area contributed by atoms with Crippen molar-refractivity contribution in [1.29, 1.82) is 0 Å². The lowest BCUT2D eigenvalue weighted by atomic mass is 10.1. The number of halogens is 1. The molecular weight excluding hydrogens is 291 g/mol. The fourth-order valence-electron chi connectivity index (χ4n) is 2.41. The largest absolute Gasteiger partial charge is 0.352 e. The molecule has 0 bridgehead atoms. The van der Waals surface area contributed by atoms with E-state index in [1.165, 1.54) is 6.07 Å². The SMILES string of the molecule is O=C(NCCc1ccccc1F)c1ccc(-n2cccc2)cc1. The Hall–Kier alpha value is -2.88. The Labute approximate surface area is 134 Å². The molecule has 1 amide bonds. The van der Waals surface area contributed by atoms with Crippen LogP contribution in [0.15, 0.2) is 73.1 Å². The smallest absolute Gasteiger partial charge is 0.251 e. The lowest BCUT2D eigenvalue weighted by Gasteiger charge is -2.07. The summed E-state index contributed by atoms with van der Waals surface area (Å²) in [5, 5.41) is 2.82. The maximum atomic E-state index is 13.5. The summed E-state index contributed by atoms with van der Waals surface area (Å²) in [5.74, 6) is -0.391. The van der Waals surface area contributed by atoms with Gasteiger partial charge in [0.25, 0.3) is 5.91 Å². The van der Waals surface area contributed by atoms with Crippen LogP contribution in [0.4, 0.5) is 4.39 Å². The van der Waals surface area contributed by atoms with Crippen LogP contribution in [0.5, 0.6) is 0 Å². The Morgan fingerprint density at radius 2 is 1.65 bits per heavy atom. The fourth-order valence-corrected chi connectivity index (χ4v) is 2.41. The minimum Gasteiger partial charge on any atom is -0.352 e. The monoisotopic (exact) mass is 308 g/mol. The van der Waals surface area contributed by atoms with Crippen LogP contribution in [0.1, 0.15) is 15.9 Å². The number of carbonyl (C=O) groups is 1. The average molecular weight is 308 g/mol. The molecule has 2 aromatic carbocycles. The van der Waals surface area contributed by atoms with E-state index in [1.54, 1.807) is 30.3 Å². The molecule has 0 atom stereocenters. The maximum absolute atomic E-state index is 13.5. The molecule has 3 nitrogen and oxygen atoms in total.